The van der Waals surface area contributed by atoms with Crippen LogP contribution in [-0.2, 0) is 4.74 Å². The molecule has 2 rings (SSSR count). The molecule has 1 heterocycles. The number of rotatable bonds is 5. The largest absolute Gasteiger partial charge is 0.378 e. The number of ether oxygens (including phenoxy) is 1. The summed E-state index contributed by atoms with van der Waals surface area (Å²) in [6.45, 7) is 5.50. The summed E-state index contributed by atoms with van der Waals surface area (Å²) in [6.07, 6.45) is 11.5. The molecule has 0 radical (unpaired) electrons. The van der Waals surface area contributed by atoms with Crippen molar-refractivity contribution in [3.63, 3.8) is 0 Å². The highest BCUT2D eigenvalue weighted by atomic mass is 16.5. The van der Waals surface area contributed by atoms with E-state index in [2.05, 4.69) is 24.4 Å². The van der Waals surface area contributed by atoms with Gasteiger partial charge in [-0.25, -0.2) is 0 Å². The van der Waals surface area contributed by atoms with Crippen LogP contribution in [0.5, 0.6) is 0 Å². The Morgan fingerprint density at radius 3 is 3.00 bits per heavy atom. The zero-order valence-electron chi connectivity index (χ0n) is 10.5. The van der Waals surface area contributed by atoms with E-state index in [0.29, 0.717) is 6.10 Å². The molecule has 1 fully saturated rings. The Labute approximate surface area is 99.4 Å². The molecule has 2 aliphatic rings. The molecule has 1 N–H and O–H groups in total. The van der Waals surface area contributed by atoms with E-state index in [1.54, 1.807) is 0 Å². The topological polar surface area (TPSA) is 21.3 Å². The van der Waals surface area contributed by atoms with Gasteiger partial charge in [-0.15, -0.1) is 0 Å². The van der Waals surface area contributed by atoms with Crippen molar-refractivity contribution in [2.75, 3.05) is 19.7 Å². The molecule has 1 saturated heterocycles. The predicted octanol–water partition coefficient (Wildman–Crippen LogP) is 2.75. The maximum Gasteiger partial charge on any atom is 0.0647 e. The van der Waals surface area contributed by atoms with Gasteiger partial charge < -0.3 is 10.1 Å². The maximum absolute atomic E-state index is 5.96. The first-order chi connectivity index (χ1) is 7.92. The van der Waals surface area contributed by atoms with Crippen molar-refractivity contribution in [2.45, 2.75) is 45.1 Å². The number of allylic oxidation sites excluding steroid dienone is 2. The second-order valence-electron chi connectivity index (χ2n) is 5.13. The smallest absolute Gasteiger partial charge is 0.0647 e. The van der Waals surface area contributed by atoms with E-state index in [-0.39, 0.29) is 0 Å². The highest BCUT2D eigenvalue weighted by Crippen LogP contribution is 2.33. The lowest BCUT2D eigenvalue weighted by Crippen LogP contribution is -2.34. The first-order valence-corrected chi connectivity index (χ1v) is 6.89. The second-order valence-corrected chi connectivity index (χ2v) is 5.13. The molecule has 0 saturated carbocycles. The zero-order valence-corrected chi connectivity index (χ0v) is 10.5. The first-order valence-electron chi connectivity index (χ1n) is 6.89. The summed E-state index contributed by atoms with van der Waals surface area (Å²) in [6, 6.07) is 0. The normalized spacial score (nSPS) is 34.4. The highest BCUT2D eigenvalue weighted by Gasteiger charge is 2.34. The minimum atomic E-state index is 0.523. The first kappa shape index (κ1) is 12.1. The molecular formula is C14H25NO. The van der Waals surface area contributed by atoms with Gasteiger partial charge >= 0.3 is 0 Å². The molecule has 0 spiro atoms. The van der Waals surface area contributed by atoms with Gasteiger partial charge in [0.05, 0.1) is 6.10 Å². The molecule has 92 valence electrons. The number of hydrogen-bond donors (Lipinski definition) is 1. The third-order valence-electron chi connectivity index (χ3n) is 3.87. The third-order valence-corrected chi connectivity index (χ3v) is 3.87. The van der Waals surface area contributed by atoms with Crippen molar-refractivity contribution >= 4 is 0 Å². The van der Waals surface area contributed by atoms with E-state index in [9.17, 15) is 0 Å². The average Bonchev–Trinajstić information content (AvgIpc) is 2.79. The van der Waals surface area contributed by atoms with Gasteiger partial charge in [0.15, 0.2) is 0 Å². The lowest BCUT2D eigenvalue weighted by Gasteiger charge is -2.28. The summed E-state index contributed by atoms with van der Waals surface area (Å²) >= 11 is 0. The maximum atomic E-state index is 5.96. The number of nitrogens with one attached hydrogen (secondary N) is 1. The molecule has 3 atom stereocenters. The third kappa shape index (κ3) is 3.08. The van der Waals surface area contributed by atoms with Crippen molar-refractivity contribution in [1.29, 1.82) is 0 Å². The van der Waals surface area contributed by atoms with Crippen LogP contribution in [0.3, 0.4) is 0 Å². The van der Waals surface area contributed by atoms with Gasteiger partial charge in [0.1, 0.15) is 0 Å². The van der Waals surface area contributed by atoms with Gasteiger partial charge in [0.2, 0.25) is 0 Å². The summed E-state index contributed by atoms with van der Waals surface area (Å²) in [5, 5.41) is 3.55. The molecule has 3 unspecified atom stereocenters. The van der Waals surface area contributed by atoms with Crippen molar-refractivity contribution in [3.8, 4) is 0 Å². The van der Waals surface area contributed by atoms with Crippen LogP contribution in [-0.4, -0.2) is 25.8 Å². The highest BCUT2D eigenvalue weighted by molar-refractivity contribution is 4.95. The van der Waals surface area contributed by atoms with E-state index < -0.39 is 0 Å². The summed E-state index contributed by atoms with van der Waals surface area (Å²) in [5.41, 5.74) is 0. The molecule has 0 aromatic carbocycles. The zero-order chi connectivity index (χ0) is 11.2. The Bertz CT molecular complexity index is 227. The van der Waals surface area contributed by atoms with E-state index in [4.69, 9.17) is 4.74 Å². The van der Waals surface area contributed by atoms with Gasteiger partial charge in [-0.05, 0) is 44.6 Å². The number of hydrogen-bond acceptors (Lipinski definition) is 2. The van der Waals surface area contributed by atoms with E-state index >= 15 is 0 Å². The van der Waals surface area contributed by atoms with E-state index in [0.717, 1.165) is 31.5 Å². The van der Waals surface area contributed by atoms with Crippen LogP contribution in [0.1, 0.15) is 39.0 Å². The van der Waals surface area contributed by atoms with Crippen LogP contribution in [0.25, 0.3) is 0 Å². The predicted molar refractivity (Wildman–Crippen MR) is 67.5 cm³/mol. The quantitative estimate of drug-likeness (QED) is 0.571. The van der Waals surface area contributed by atoms with Gasteiger partial charge in [-0.1, -0.05) is 19.1 Å². The Balaban J connectivity index is 1.80. The Kier molecular flexibility index (Phi) is 4.86. The van der Waals surface area contributed by atoms with Crippen molar-refractivity contribution in [3.05, 3.63) is 12.2 Å². The van der Waals surface area contributed by atoms with Crippen LogP contribution in [0.4, 0.5) is 0 Å². The lowest BCUT2D eigenvalue weighted by molar-refractivity contribution is 0.0379. The van der Waals surface area contributed by atoms with E-state index in [1.807, 2.05) is 0 Å². The Morgan fingerprint density at radius 1 is 1.31 bits per heavy atom. The molecule has 1 aliphatic carbocycles. The summed E-state index contributed by atoms with van der Waals surface area (Å²) in [4.78, 5) is 0. The molecule has 2 heteroatoms. The van der Waals surface area contributed by atoms with Gasteiger partial charge in [0.25, 0.3) is 0 Å². The fraction of sp³-hybridized carbons (Fsp3) is 0.857. The van der Waals surface area contributed by atoms with Crippen molar-refractivity contribution in [1.82, 2.24) is 5.32 Å². The standard InChI is InChI=1S/C14H25NO/c1-2-9-15-11-13-8-10-16-14(13)12-6-4-3-5-7-12/h3-4,12-15H,2,5-11H2,1H3. The van der Waals surface area contributed by atoms with Gasteiger partial charge in [0, 0.05) is 19.1 Å². The minimum absolute atomic E-state index is 0.523. The average molecular weight is 223 g/mol. The lowest BCUT2D eigenvalue weighted by atomic mass is 9.83. The molecule has 0 aromatic rings. The second kappa shape index (κ2) is 6.41. The molecular weight excluding hydrogens is 198 g/mol. The molecule has 0 amide bonds. The van der Waals surface area contributed by atoms with Gasteiger partial charge in [-0.3, -0.25) is 0 Å². The molecule has 1 aliphatic heterocycles. The van der Waals surface area contributed by atoms with Gasteiger partial charge in [-0.2, -0.15) is 0 Å². The fourth-order valence-corrected chi connectivity index (χ4v) is 2.97. The fourth-order valence-electron chi connectivity index (χ4n) is 2.97. The molecule has 2 nitrogen and oxygen atoms in total. The van der Waals surface area contributed by atoms with Crippen LogP contribution in [0.15, 0.2) is 12.2 Å². The summed E-state index contributed by atoms with van der Waals surface area (Å²) in [5.74, 6) is 1.53. The van der Waals surface area contributed by atoms with Crippen molar-refractivity contribution < 1.29 is 4.74 Å². The van der Waals surface area contributed by atoms with Crippen LogP contribution in [0.2, 0.25) is 0 Å². The minimum Gasteiger partial charge on any atom is -0.378 e. The molecule has 0 bridgehead atoms. The summed E-state index contributed by atoms with van der Waals surface area (Å²) in [7, 11) is 0. The molecule has 0 aromatic heterocycles. The van der Waals surface area contributed by atoms with E-state index in [1.165, 1.54) is 32.1 Å². The SMILES string of the molecule is CCCNCC1CCOC1C1CC=CCC1. The summed E-state index contributed by atoms with van der Waals surface area (Å²) < 4.78 is 5.96. The van der Waals surface area contributed by atoms with Crippen molar-refractivity contribution in [2.24, 2.45) is 11.8 Å². The monoisotopic (exact) mass is 223 g/mol. The van der Waals surface area contributed by atoms with Crippen LogP contribution < -0.4 is 5.32 Å². The van der Waals surface area contributed by atoms with Crippen LogP contribution >= 0.6 is 0 Å². The Morgan fingerprint density at radius 2 is 2.25 bits per heavy atom. The Hall–Kier alpha value is -0.340. The molecule has 16 heavy (non-hydrogen) atoms. The van der Waals surface area contributed by atoms with Crippen LogP contribution in [0, 0.1) is 11.8 Å².